The molecule has 5 aliphatic heterocycles. The lowest BCUT2D eigenvalue weighted by Crippen LogP contribution is -2.56. The molecule has 12 heteroatoms. The van der Waals surface area contributed by atoms with Gasteiger partial charge in [0.2, 0.25) is 0 Å². The summed E-state index contributed by atoms with van der Waals surface area (Å²) in [5, 5.41) is 12.7. The van der Waals surface area contributed by atoms with Gasteiger partial charge in [-0.2, -0.15) is 9.97 Å². The molecule has 7 heterocycles. The molecule has 0 aliphatic carbocycles. The van der Waals surface area contributed by atoms with Crippen molar-refractivity contribution in [3.63, 3.8) is 0 Å². The molecule has 0 saturated carbocycles. The molecule has 268 valence electrons. The number of hydrogen-bond acceptors (Lipinski definition) is 10. The van der Waals surface area contributed by atoms with Crippen molar-refractivity contribution in [1.29, 1.82) is 0 Å². The molecular formula is C40H40F2N6O4. The number of halogens is 2. The predicted octanol–water partition coefficient (Wildman–Crippen LogP) is 5.98. The van der Waals surface area contributed by atoms with E-state index in [1.165, 1.54) is 6.07 Å². The third kappa shape index (κ3) is 5.04. The number of alkyl halides is 1. The van der Waals surface area contributed by atoms with Crippen molar-refractivity contribution in [2.24, 2.45) is 5.92 Å². The number of aromatic hydroxyl groups is 1. The number of oxazole rings is 1. The minimum atomic E-state index is -0.879. The summed E-state index contributed by atoms with van der Waals surface area (Å²) in [4.78, 5) is 22.2. The van der Waals surface area contributed by atoms with Crippen LogP contribution in [-0.4, -0.2) is 106 Å². The van der Waals surface area contributed by atoms with E-state index in [1.807, 2.05) is 6.07 Å². The number of rotatable bonds is 7. The first-order valence-corrected chi connectivity index (χ1v) is 18.4. The van der Waals surface area contributed by atoms with Gasteiger partial charge in [-0.15, -0.1) is 6.42 Å². The second-order valence-electron chi connectivity index (χ2n) is 15.5. The largest absolute Gasteiger partial charge is 0.508 e. The molecule has 5 aliphatic rings. The molecule has 4 atom stereocenters. The van der Waals surface area contributed by atoms with Gasteiger partial charge in [0.15, 0.2) is 11.5 Å². The van der Waals surface area contributed by atoms with Crippen molar-refractivity contribution in [2.45, 2.75) is 62.8 Å². The van der Waals surface area contributed by atoms with E-state index in [0.717, 1.165) is 65.1 Å². The van der Waals surface area contributed by atoms with Crippen molar-refractivity contribution in [3.05, 3.63) is 47.6 Å². The molecule has 5 saturated heterocycles. The summed E-state index contributed by atoms with van der Waals surface area (Å²) in [6.07, 6.45) is 9.53. The number of terminal acetylenes is 1. The number of benzene rings is 3. The van der Waals surface area contributed by atoms with Crippen LogP contribution in [0, 0.1) is 31.0 Å². The molecule has 52 heavy (non-hydrogen) atoms. The van der Waals surface area contributed by atoms with Gasteiger partial charge in [-0.3, -0.25) is 9.80 Å². The van der Waals surface area contributed by atoms with Gasteiger partial charge in [0.1, 0.15) is 35.7 Å². The van der Waals surface area contributed by atoms with Crippen LogP contribution in [0.4, 0.5) is 14.6 Å². The lowest BCUT2D eigenvalue weighted by molar-refractivity contribution is -0.0538. The summed E-state index contributed by atoms with van der Waals surface area (Å²) in [6, 6.07) is 8.93. The number of phenols is 1. The molecule has 10 rings (SSSR count). The Kier molecular flexibility index (Phi) is 7.40. The lowest BCUT2D eigenvalue weighted by atomic mass is 9.92. The zero-order valence-electron chi connectivity index (χ0n) is 29.1. The number of aromatic nitrogens is 3. The molecule has 2 aromatic heterocycles. The summed E-state index contributed by atoms with van der Waals surface area (Å²) >= 11 is 0. The van der Waals surface area contributed by atoms with Crippen molar-refractivity contribution >= 4 is 38.6 Å². The molecule has 3 aromatic carbocycles. The van der Waals surface area contributed by atoms with E-state index in [9.17, 15) is 9.50 Å². The van der Waals surface area contributed by atoms with Gasteiger partial charge < -0.3 is 23.9 Å². The third-order valence-electron chi connectivity index (χ3n) is 12.2. The number of nitrogens with zero attached hydrogens (tertiary/aromatic N) is 6. The van der Waals surface area contributed by atoms with E-state index in [1.54, 1.807) is 25.1 Å². The average molecular weight is 707 g/mol. The highest BCUT2D eigenvalue weighted by molar-refractivity contribution is 6.16. The summed E-state index contributed by atoms with van der Waals surface area (Å²) in [7, 11) is 0. The van der Waals surface area contributed by atoms with Crippen LogP contribution < -0.4 is 9.64 Å². The van der Waals surface area contributed by atoms with Crippen LogP contribution in [0.15, 0.2) is 34.7 Å². The zero-order valence-corrected chi connectivity index (χ0v) is 29.1. The summed E-state index contributed by atoms with van der Waals surface area (Å²) in [5.74, 6) is 3.73. The lowest BCUT2D eigenvalue weighted by Gasteiger charge is -2.44. The smallest absolute Gasteiger partial charge is 0.319 e. The Morgan fingerprint density at radius 3 is 2.65 bits per heavy atom. The third-order valence-corrected chi connectivity index (χ3v) is 12.2. The molecule has 1 N–H and O–H groups in total. The number of piperazine rings is 1. The highest BCUT2D eigenvalue weighted by Gasteiger charge is 2.49. The van der Waals surface area contributed by atoms with Crippen LogP contribution in [-0.2, 0) is 4.74 Å². The van der Waals surface area contributed by atoms with E-state index in [0.29, 0.717) is 93.2 Å². The second-order valence-corrected chi connectivity index (χ2v) is 15.5. The maximum absolute atomic E-state index is 15.2. The van der Waals surface area contributed by atoms with Crippen LogP contribution in [0.25, 0.3) is 43.9 Å². The van der Waals surface area contributed by atoms with E-state index < -0.39 is 12.0 Å². The fourth-order valence-corrected chi connectivity index (χ4v) is 9.83. The fourth-order valence-electron chi connectivity index (χ4n) is 9.83. The molecule has 0 spiro atoms. The van der Waals surface area contributed by atoms with E-state index >= 15 is 4.39 Å². The SMILES string of the molecule is C#Cc1c(F)ccc2cc(O)cc(-c3cc4nc(OC[C@@]56CCCN5C[C@H](F)C6)nc(N5CC6CCC(C5)N6CC5COC5)c4c4oc(C)nc34)c12. The van der Waals surface area contributed by atoms with Gasteiger partial charge in [-0.1, -0.05) is 12.0 Å². The first kappa shape index (κ1) is 32.1. The molecule has 10 nitrogen and oxygen atoms in total. The molecular weight excluding hydrogens is 666 g/mol. The predicted molar refractivity (Wildman–Crippen MR) is 193 cm³/mol. The Labute approximate surface area is 299 Å². The topological polar surface area (TPSA) is 100 Å². The minimum absolute atomic E-state index is 0.00264. The van der Waals surface area contributed by atoms with Gasteiger partial charge in [-0.05, 0) is 67.4 Å². The molecule has 5 fully saturated rings. The van der Waals surface area contributed by atoms with Crippen molar-refractivity contribution < 1.29 is 27.8 Å². The first-order chi connectivity index (χ1) is 25.3. The van der Waals surface area contributed by atoms with E-state index in [4.69, 9.17) is 35.3 Å². The standard InChI is InChI=1S/C40H40F2N6O4/c1-3-29-32(42)8-5-24-11-28(49)12-30(34(24)29)31-13-33-35(37-36(31)43-22(2)52-37)38(46-17-26-6-7-27(18-46)48(26)15-23-19-50-20-23)45-39(44-33)51-21-40-9-4-10-47(40)16-25(41)14-40/h1,5,8,11-13,23,25-27,49H,4,6-7,9-10,14-21H2,2H3/t25-,26?,27?,40+/m1/s1. The Hall–Kier alpha value is -4.57. The van der Waals surface area contributed by atoms with Gasteiger partial charge in [-0.25, -0.2) is 13.8 Å². The van der Waals surface area contributed by atoms with Gasteiger partial charge in [0, 0.05) is 68.5 Å². The van der Waals surface area contributed by atoms with Crippen LogP contribution in [0.5, 0.6) is 11.8 Å². The summed E-state index contributed by atoms with van der Waals surface area (Å²) < 4.78 is 48.3. The highest BCUT2D eigenvalue weighted by Crippen LogP contribution is 2.45. The van der Waals surface area contributed by atoms with E-state index in [-0.39, 0.29) is 22.9 Å². The Balaban J connectivity index is 1.14. The Bertz CT molecular complexity index is 2290. The Morgan fingerprint density at radius 2 is 1.88 bits per heavy atom. The number of anilines is 1. The van der Waals surface area contributed by atoms with Crippen LogP contribution in [0.1, 0.15) is 43.6 Å². The Morgan fingerprint density at radius 1 is 1.06 bits per heavy atom. The number of phenolic OH excluding ortho intramolecular Hbond substituents is 1. The monoisotopic (exact) mass is 706 g/mol. The quantitative estimate of drug-likeness (QED) is 0.204. The molecule has 2 bridgehead atoms. The molecule has 2 unspecified atom stereocenters. The van der Waals surface area contributed by atoms with Crippen molar-refractivity contribution in [1.82, 2.24) is 24.8 Å². The van der Waals surface area contributed by atoms with Crippen LogP contribution in [0.3, 0.4) is 0 Å². The number of ether oxygens (including phenoxy) is 2. The zero-order chi connectivity index (χ0) is 35.3. The van der Waals surface area contributed by atoms with Crippen LogP contribution in [0.2, 0.25) is 0 Å². The normalized spacial score (nSPS) is 26.4. The number of aryl methyl sites for hydroxylation is 1. The number of fused-ring (bicyclic) bond motifs is 7. The van der Waals surface area contributed by atoms with Gasteiger partial charge in [0.05, 0.1) is 35.2 Å². The first-order valence-electron chi connectivity index (χ1n) is 18.4. The van der Waals surface area contributed by atoms with E-state index in [2.05, 4.69) is 20.6 Å². The number of hydrogen-bond donors (Lipinski definition) is 1. The molecule has 5 aromatic rings. The highest BCUT2D eigenvalue weighted by atomic mass is 19.1. The van der Waals surface area contributed by atoms with Crippen molar-refractivity contribution in [2.75, 3.05) is 57.4 Å². The summed E-state index contributed by atoms with van der Waals surface area (Å²) in [5.41, 5.74) is 2.42. The van der Waals surface area contributed by atoms with Crippen molar-refractivity contribution in [3.8, 4) is 35.2 Å². The van der Waals surface area contributed by atoms with Gasteiger partial charge >= 0.3 is 6.01 Å². The second kappa shape index (κ2) is 12.0. The van der Waals surface area contributed by atoms with Crippen LogP contribution >= 0.6 is 0 Å². The minimum Gasteiger partial charge on any atom is -0.508 e. The molecule has 0 amide bonds. The average Bonchev–Trinajstić information content (AvgIpc) is 3.82. The molecule has 0 radical (unpaired) electrons. The maximum atomic E-state index is 15.2. The fraction of sp³-hybridized carbons (Fsp3) is 0.475. The van der Waals surface area contributed by atoms with Gasteiger partial charge in [0.25, 0.3) is 0 Å². The maximum Gasteiger partial charge on any atom is 0.319 e. The summed E-state index contributed by atoms with van der Waals surface area (Å²) in [6.45, 7) is 7.64.